The number of nitrogens with two attached hydrogens (primary N) is 1. The molecule has 0 radical (unpaired) electrons. The average Bonchev–Trinajstić information content (AvgIpc) is 3.20. The van der Waals surface area contributed by atoms with Crippen molar-refractivity contribution in [1.82, 2.24) is 9.78 Å². The van der Waals surface area contributed by atoms with E-state index in [9.17, 15) is 4.79 Å². The van der Waals surface area contributed by atoms with Crippen molar-refractivity contribution in [1.29, 1.82) is 0 Å². The summed E-state index contributed by atoms with van der Waals surface area (Å²) in [4.78, 5) is 12.6. The molecular formula is C16H20N4O. The van der Waals surface area contributed by atoms with Crippen LogP contribution in [0.1, 0.15) is 25.7 Å². The van der Waals surface area contributed by atoms with Crippen LogP contribution in [0.25, 0.3) is 5.69 Å². The Morgan fingerprint density at radius 2 is 2.14 bits per heavy atom. The van der Waals surface area contributed by atoms with E-state index in [-0.39, 0.29) is 11.3 Å². The molecule has 0 atom stereocenters. The third kappa shape index (κ3) is 2.69. The first-order valence-electron chi connectivity index (χ1n) is 7.35. The maximum Gasteiger partial charge on any atom is 0.231 e. The Labute approximate surface area is 124 Å². The molecule has 110 valence electrons. The molecule has 21 heavy (non-hydrogen) atoms. The van der Waals surface area contributed by atoms with E-state index in [1.807, 2.05) is 36.5 Å². The van der Waals surface area contributed by atoms with Crippen LogP contribution in [0.3, 0.4) is 0 Å². The number of carbonyl (C=O) groups excluding carboxylic acids is 1. The molecule has 1 heterocycles. The Kier molecular flexibility index (Phi) is 3.75. The van der Waals surface area contributed by atoms with Crippen molar-refractivity contribution in [3.8, 4) is 5.69 Å². The lowest BCUT2D eigenvalue weighted by atomic mass is 9.85. The fourth-order valence-corrected chi connectivity index (χ4v) is 2.99. The van der Waals surface area contributed by atoms with E-state index in [0.29, 0.717) is 6.54 Å². The van der Waals surface area contributed by atoms with E-state index in [0.717, 1.165) is 37.1 Å². The van der Waals surface area contributed by atoms with Gasteiger partial charge >= 0.3 is 0 Å². The number of amides is 1. The molecule has 1 amide bonds. The Bertz CT molecular complexity index is 615. The van der Waals surface area contributed by atoms with Crippen molar-refractivity contribution < 1.29 is 4.79 Å². The van der Waals surface area contributed by atoms with Gasteiger partial charge in [-0.2, -0.15) is 5.10 Å². The highest BCUT2D eigenvalue weighted by Crippen LogP contribution is 2.38. The highest BCUT2D eigenvalue weighted by molar-refractivity contribution is 5.95. The van der Waals surface area contributed by atoms with E-state index in [1.165, 1.54) is 0 Å². The second-order valence-electron chi connectivity index (χ2n) is 5.65. The maximum absolute atomic E-state index is 12.6. The van der Waals surface area contributed by atoms with Crippen LogP contribution in [0.4, 0.5) is 5.69 Å². The predicted octanol–water partition coefficient (Wildman–Crippen LogP) is 2.33. The minimum absolute atomic E-state index is 0.0418. The Morgan fingerprint density at radius 1 is 1.33 bits per heavy atom. The zero-order valence-electron chi connectivity index (χ0n) is 12.0. The molecule has 0 spiro atoms. The van der Waals surface area contributed by atoms with Gasteiger partial charge in [0.05, 0.1) is 11.1 Å². The molecule has 0 unspecified atom stereocenters. The second kappa shape index (κ2) is 5.69. The number of nitrogens with zero attached hydrogens (tertiary/aromatic N) is 2. The van der Waals surface area contributed by atoms with Crippen LogP contribution >= 0.6 is 0 Å². The van der Waals surface area contributed by atoms with Gasteiger partial charge in [-0.25, -0.2) is 4.68 Å². The Morgan fingerprint density at radius 3 is 2.81 bits per heavy atom. The average molecular weight is 284 g/mol. The molecule has 2 aromatic rings. The summed E-state index contributed by atoms with van der Waals surface area (Å²) in [6, 6.07) is 9.55. The van der Waals surface area contributed by atoms with Crippen molar-refractivity contribution in [2.45, 2.75) is 25.7 Å². The van der Waals surface area contributed by atoms with Crippen molar-refractivity contribution in [3.05, 3.63) is 42.7 Å². The van der Waals surface area contributed by atoms with Crippen LogP contribution in [0, 0.1) is 5.41 Å². The summed E-state index contributed by atoms with van der Waals surface area (Å²) >= 11 is 0. The van der Waals surface area contributed by atoms with Crippen LogP contribution in [0.2, 0.25) is 0 Å². The number of rotatable bonds is 4. The summed E-state index contributed by atoms with van der Waals surface area (Å²) < 4.78 is 1.77. The number of aromatic nitrogens is 2. The van der Waals surface area contributed by atoms with Gasteiger partial charge in [0.2, 0.25) is 5.91 Å². The highest BCUT2D eigenvalue weighted by Gasteiger charge is 2.39. The lowest BCUT2D eigenvalue weighted by molar-refractivity contribution is -0.124. The fraction of sp³-hybridized carbons (Fsp3) is 0.375. The number of benzene rings is 1. The molecule has 1 aromatic carbocycles. The van der Waals surface area contributed by atoms with Crippen LogP contribution in [0.15, 0.2) is 42.7 Å². The zero-order valence-corrected chi connectivity index (χ0v) is 12.0. The molecule has 1 aromatic heterocycles. The van der Waals surface area contributed by atoms with Gasteiger partial charge in [0.15, 0.2) is 0 Å². The molecule has 1 aliphatic carbocycles. The molecule has 0 bridgehead atoms. The van der Waals surface area contributed by atoms with Gasteiger partial charge in [-0.1, -0.05) is 18.9 Å². The molecule has 0 aliphatic heterocycles. The van der Waals surface area contributed by atoms with E-state index >= 15 is 0 Å². The largest absolute Gasteiger partial charge is 0.329 e. The first kappa shape index (κ1) is 13.8. The number of carbonyl (C=O) groups is 1. The monoisotopic (exact) mass is 284 g/mol. The third-order valence-corrected chi connectivity index (χ3v) is 4.31. The van der Waals surface area contributed by atoms with E-state index < -0.39 is 0 Å². The topological polar surface area (TPSA) is 72.9 Å². The predicted molar refractivity (Wildman–Crippen MR) is 82.1 cm³/mol. The van der Waals surface area contributed by atoms with Crippen LogP contribution in [-0.2, 0) is 4.79 Å². The van der Waals surface area contributed by atoms with Crippen molar-refractivity contribution in [2.75, 3.05) is 11.9 Å². The quantitative estimate of drug-likeness (QED) is 0.905. The summed E-state index contributed by atoms with van der Waals surface area (Å²) in [6.07, 6.45) is 7.53. The van der Waals surface area contributed by atoms with Gasteiger partial charge in [0, 0.05) is 24.6 Å². The molecule has 3 N–H and O–H groups in total. The molecule has 1 saturated carbocycles. The standard InChI is InChI=1S/C16H20N4O/c17-12-16(7-1-2-8-16)15(21)19-13-5-3-6-14(11-13)20-10-4-9-18-20/h3-6,9-11H,1-2,7-8,12,17H2,(H,19,21). The normalized spacial score (nSPS) is 16.8. The van der Waals surface area contributed by atoms with Gasteiger partial charge in [-0.05, 0) is 37.1 Å². The van der Waals surface area contributed by atoms with Crippen molar-refractivity contribution in [3.63, 3.8) is 0 Å². The minimum Gasteiger partial charge on any atom is -0.329 e. The van der Waals surface area contributed by atoms with Gasteiger partial charge < -0.3 is 11.1 Å². The molecule has 3 rings (SSSR count). The Balaban J connectivity index is 1.79. The number of hydrogen-bond acceptors (Lipinski definition) is 3. The zero-order chi connectivity index (χ0) is 14.7. The first-order chi connectivity index (χ1) is 10.2. The Hall–Kier alpha value is -2.14. The van der Waals surface area contributed by atoms with Gasteiger partial charge in [0.1, 0.15) is 0 Å². The summed E-state index contributed by atoms with van der Waals surface area (Å²) in [7, 11) is 0. The molecule has 5 heteroatoms. The summed E-state index contributed by atoms with van der Waals surface area (Å²) in [5.74, 6) is 0.0418. The van der Waals surface area contributed by atoms with Crippen molar-refractivity contribution >= 4 is 11.6 Å². The van der Waals surface area contributed by atoms with Crippen LogP contribution in [0.5, 0.6) is 0 Å². The number of nitrogens with one attached hydrogen (secondary N) is 1. The van der Waals surface area contributed by atoms with Gasteiger partial charge in [-0.15, -0.1) is 0 Å². The third-order valence-electron chi connectivity index (χ3n) is 4.31. The molecule has 0 saturated heterocycles. The van der Waals surface area contributed by atoms with Crippen molar-refractivity contribution in [2.24, 2.45) is 11.1 Å². The lowest BCUT2D eigenvalue weighted by Gasteiger charge is -2.25. The first-order valence-corrected chi connectivity index (χ1v) is 7.35. The number of hydrogen-bond donors (Lipinski definition) is 2. The van der Waals surface area contributed by atoms with Gasteiger partial charge in [-0.3, -0.25) is 4.79 Å². The molecule has 5 nitrogen and oxygen atoms in total. The van der Waals surface area contributed by atoms with Crippen LogP contribution < -0.4 is 11.1 Å². The molecule has 1 fully saturated rings. The molecule has 1 aliphatic rings. The smallest absolute Gasteiger partial charge is 0.231 e. The van der Waals surface area contributed by atoms with E-state index in [4.69, 9.17) is 5.73 Å². The van der Waals surface area contributed by atoms with Crippen LogP contribution in [-0.4, -0.2) is 22.2 Å². The maximum atomic E-state index is 12.6. The SMILES string of the molecule is NCC1(C(=O)Nc2cccc(-n3cccn3)c2)CCCC1. The van der Waals surface area contributed by atoms with E-state index in [1.54, 1.807) is 10.9 Å². The summed E-state index contributed by atoms with van der Waals surface area (Å²) in [5.41, 5.74) is 7.18. The number of anilines is 1. The van der Waals surface area contributed by atoms with Gasteiger partial charge in [0.25, 0.3) is 0 Å². The summed E-state index contributed by atoms with van der Waals surface area (Å²) in [6.45, 7) is 0.414. The highest BCUT2D eigenvalue weighted by atomic mass is 16.2. The second-order valence-corrected chi connectivity index (χ2v) is 5.65. The fourth-order valence-electron chi connectivity index (χ4n) is 2.99. The summed E-state index contributed by atoms with van der Waals surface area (Å²) in [5, 5.41) is 7.22. The minimum atomic E-state index is -0.387. The molecular weight excluding hydrogens is 264 g/mol. The lowest BCUT2D eigenvalue weighted by Crippen LogP contribution is -2.40. The van der Waals surface area contributed by atoms with E-state index in [2.05, 4.69) is 10.4 Å².